The first kappa shape index (κ1) is 26.4. The number of aromatic nitrogens is 5. The molecule has 39 heavy (non-hydrogen) atoms. The zero-order chi connectivity index (χ0) is 27.4. The lowest BCUT2D eigenvalue weighted by Crippen LogP contribution is -2.32. The van der Waals surface area contributed by atoms with E-state index in [2.05, 4.69) is 57.5 Å². The molecule has 8 heteroatoms. The molecule has 3 aromatic carbocycles. The van der Waals surface area contributed by atoms with E-state index in [9.17, 15) is 9.18 Å². The zero-order valence-corrected chi connectivity index (χ0v) is 22.6. The molecule has 0 unspecified atom stereocenters. The Morgan fingerprint density at radius 2 is 1.74 bits per heavy atom. The third kappa shape index (κ3) is 6.12. The highest BCUT2D eigenvalue weighted by Crippen LogP contribution is 2.27. The van der Waals surface area contributed by atoms with Crippen LogP contribution in [0.2, 0.25) is 0 Å². The predicted octanol–water partition coefficient (Wildman–Crippen LogP) is 5.67. The average Bonchev–Trinajstić information content (AvgIpc) is 3.38. The molecular formula is C31H33FN6O. The Kier molecular flexibility index (Phi) is 7.93. The fraction of sp³-hybridized carbons (Fsp3) is 0.290. The van der Waals surface area contributed by atoms with E-state index in [0.29, 0.717) is 25.2 Å². The quantitative estimate of drug-likeness (QED) is 0.255. The largest absolute Gasteiger partial charge is 0.322 e. The fourth-order valence-electron chi connectivity index (χ4n) is 5.25. The number of benzene rings is 3. The van der Waals surface area contributed by atoms with Crippen LogP contribution in [0.5, 0.6) is 0 Å². The lowest BCUT2D eigenvalue weighted by atomic mass is 10.0. The second-order valence-electron chi connectivity index (χ2n) is 10.1. The van der Waals surface area contributed by atoms with Gasteiger partial charge in [0.25, 0.3) is 5.56 Å². The van der Waals surface area contributed by atoms with Crippen LogP contribution in [0.15, 0.2) is 77.6 Å². The summed E-state index contributed by atoms with van der Waals surface area (Å²) < 4.78 is 15.5. The van der Waals surface area contributed by atoms with Crippen molar-refractivity contribution in [2.75, 3.05) is 0 Å². The third-order valence-electron chi connectivity index (χ3n) is 7.20. The van der Waals surface area contributed by atoms with Gasteiger partial charge in [-0.1, -0.05) is 55.5 Å². The van der Waals surface area contributed by atoms with E-state index in [1.54, 1.807) is 12.1 Å². The normalized spacial score (nSPS) is 12.3. The lowest BCUT2D eigenvalue weighted by Gasteiger charge is -2.30. The molecular weight excluding hydrogens is 491 g/mol. The molecule has 0 aliphatic carbocycles. The maximum atomic E-state index is 13.7. The van der Waals surface area contributed by atoms with Gasteiger partial charge in [-0.15, -0.1) is 5.10 Å². The van der Waals surface area contributed by atoms with E-state index in [1.165, 1.54) is 17.7 Å². The molecule has 1 N–H and O–H groups in total. The summed E-state index contributed by atoms with van der Waals surface area (Å²) in [7, 11) is 0. The molecule has 0 radical (unpaired) electrons. The van der Waals surface area contributed by atoms with Crippen LogP contribution >= 0.6 is 0 Å². The summed E-state index contributed by atoms with van der Waals surface area (Å²) in [6.45, 7) is 7.72. The molecule has 0 bridgehead atoms. The second kappa shape index (κ2) is 11.7. The summed E-state index contributed by atoms with van der Waals surface area (Å²) in [5.41, 5.74) is 5.77. The van der Waals surface area contributed by atoms with Crippen LogP contribution in [-0.2, 0) is 26.1 Å². The van der Waals surface area contributed by atoms with E-state index < -0.39 is 0 Å². The molecule has 5 rings (SSSR count). The first-order valence-electron chi connectivity index (χ1n) is 13.3. The standard InChI is InChI=1S/C31H33FN6O/c1-4-29(30-34-35-36-38(30)15-14-23-8-6-5-7-9-23)37(19-24-10-12-26(32)13-11-24)20-25-18-27-22(3)16-21(2)17-28(27)33-31(25)39/h5-13,16-18,29H,4,14-15,19-20H2,1-3H3,(H,33,39)/t29-/m1/s1. The molecule has 200 valence electrons. The summed E-state index contributed by atoms with van der Waals surface area (Å²) >= 11 is 0. The number of tetrazole rings is 1. The number of aromatic amines is 1. The number of halogens is 1. The Balaban J connectivity index is 1.49. The number of hydrogen-bond donors (Lipinski definition) is 1. The number of H-pyrrole nitrogens is 1. The molecule has 0 aliphatic heterocycles. The van der Waals surface area contributed by atoms with Gasteiger partial charge in [0, 0.05) is 36.1 Å². The summed E-state index contributed by atoms with van der Waals surface area (Å²) in [6.07, 6.45) is 1.53. The van der Waals surface area contributed by atoms with E-state index in [1.807, 2.05) is 41.9 Å². The van der Waals surface area contributed by atoms with Crippen LogP contribution in [-0.4, -0.2) is 30.1 Å². The van der Waals surface area contributed by atoms with Crippen molar-refractivity contribution in [1.29, 1.82) is 0 Å². The van der Waals surface area contributed by atoms with E-state index in [-0.39, 0.29) is 17.4 Å². The monoisotopic (exact) mass is 524 g/mol. The molecule has 0 saturated heterocycles. The van der Waals surface area contributed by atoms with Gasteiger partial charge >= 0.3 is 0 Å². The summed E-state index contributed by atoms with van der Waals surface area (Å²) in [6, 6.07) is 22.7. The highest BCUT2D eigenvalue weighted by atomic mass is 19.1. The Morgan fingerprint density at radius 3 is 2.49 bits per heavy atom. The number of aryl methyl sites for hydroxylation is 4. The van der Waals surface area contributed by atoms with Crippen LogP contribution < -0.4 is 5.56 Å². The summed E-state index contributed by atoms with van der Waals surface area (Å²) in [5, 5.41) is 13.8. The van der Waals surface area contributed by atoms with E-state index >= 15 is 0 Å². The molecule has 0 spiro atoms. The molecule has 0 amide bonds. The molecule has 2 aromatic heterocycles. The minimum absolute atomic E-state index is 0.116. The SMILES string of the molecule is CC[C@H](c1nnnn1CCc1ccccc1)N(Cc1ccc(F)cc1)Cc1cc2c(C)cc(C)cc2[nH]c1=O. The molecule has 0 fully saturated rings. The maximum Gasteiger partial charge on any atom is 0.252 e. The third-order valence-corrected chi connectivity index (χ3v) is 7.20. The minimum atomic E-state index is -0.279. The number of rotatable bonds is 10. The highest BCUT2D eigenvalue weighted by molar-refractivity contribution is 5.83. The minimum Gasteiger partial charge on any atom is -0.322 e. The first-order chi connectivity index (χ1) is 18.9. The van der Waals surface area contributed by atoms with Crippen molar-refractivity contribution in [2.24, 2.45) is 0 Å². The van der Waals surface area contributed by atoms with Crippen molar-refractivity contribution in [3.05, 3.63) is 123 Å². The number of nitrogens with zero attached hydrogens (tertiary/aromatic N) is 5. The first-order valence-corrected chi connectivity index (χ1v) is 13.3. The van der Waals surface area contributed by atoms with Crippen LogP contribution in [0.3, 0.4) is 0 Å². The van der Waals surface area contributed by atoms with Crippen LogP contribution in [0.1, 0.15) is 53.0 Å². The van der Waals surface area contributed by atoms with E-state index in [0.717, 1.165) is 46.3 Å². The van der Waals surface area contributed by atoms with Gasteiger partial charge in [0.2, 0.25) is 0 Å². The van der Waals surface area contributed by atoms with Gasteiger partial charge in [-0.25, -0.2) is 9.07 Å². The Morgan fingerprint density at radius 1 is 0.974 bits per heavy atom. The predicted molar refractivity (Wildman–Crippen MR) is 151 cm³/mol. The maximum absolute atomic E-state index is 13.7. The Hall–Kier alpha value is -4.17. The molecule has 2 heterocycles. The van der Waals surface area contributed by atoms with Gasteiger partial charge in [-0.3, -0.25) is 9.69 Å². The second-order valence-corrected chi connectivity index (χ2v) is 10.1. The summed E-state index contributed by atoms with van der Waals surface area (Å²) in [5.74, 6) is 0.471. The van der Waals surface area contributed by atoms with Gasteiger partial charge < -0.3 is 4.98 Å². The average molecular weight is 525 g/mol. The van der Waals surface area contributed by atoms with Crippen molar-refractivity contribution in [3.63, 3.8) is 0 Å². The highest BCUT2D eigenvalue weighted by Gasteiger charge is 2.26. The Bertz CT molecular complexity index is 1610. The van der Waals surface area contributed by atoms with Gasteiger partial charge in [-0.05, 0) is 83.6 Å². The van der Waals surface area contributed by atoms with Crippen LogP contribution in [0, 0.1) is 19.7 Å². The van der Waals surface area contributed by atoms with Gasteiger partial charge in [0.1, 0.15) is 5.82 Å². The number of hydrogen-bond acceptors (Lipinski definition) is 5. The smallest absolute Gasteiger partial charge is 0.252 e. The molecule has 7 nitrogen and oxygen atoms in total. The Labute approximate surface area is 227 Å². The van der Waals surface area contributed by atoms with Crippen molar-refractivity contribution >= 4 is 10.9 Å². The molecule has 1 atom stereocenters. The summed E-state index contributed by atoms with van der Waals surface area (Å²) in [4.78, 5) is 18.5. The van der Waals surface area contributed by atoms with Crippen molar-refractivity contribution < 1.29 is 4.39 Å². The molecule has 0 aliphatic rings. The van der Waals surface area contributed by atoms with Crippen molar-refractivity contribution in [1.82, 2.24) is 30.1 Å². The van der Waals surface area contributed by atoms with Crippen molar-refractivity contribution in [2.45, 2.75) is 59.3 Å². The van der Waals surface area contributed by atoms with Crippen LogP contribution in [0.4, 0.5) is 4.39 Å². The number of pyridine rings is 1. The lowest BCUT2D eigenvalue weighted by molar-refractivity contribution is 0.160. The van der Waals surface area contributed by atoms with E-state index in [4.69, 9.17) is 0 Å². The fourth-order valence-corrected chi connectivity index (χ4v) is 5.25. The van der Waals surface area contributed by atoms with Gasteiger partial charge in [-0.2, -0.15) is 0 Å². The van der Waals surface area contributed by atoms with Gasteiger partial charge in [0.05, 0.1) is 6.04 Å². The van der Waals surface area contributed by atoms with Gasteiger partial charge in [0.15, 0.2) is 5.82 Å². The topological polar surface area (TPSA) is 79.7 Å². The molecule has 5 aromatic rings. The molecule has 0 saturated carbocycles. The van der Waals surface area contributed by atoms with Crippen LogP contribution in [0.25, 0.3) is 10.9 Å². The number of nitrogens with one attached hydrogen (secondary N) is 1. The van der Waals surface area contributed by atoms with Crippen molar-refractivity contribution in [3.8, 4) is 0 Å². The zero-order valence-electron chi connectivity index (χ0n) is 22.6. The number of fused-ring (bicyclic) bond motifs is 1.